The van der Waals surface area contributed by atoms with Crippen molar-refractivity contribution in [1.82, 2.24) is 24.3 Å². The summed E-state index contributed by atoms with van der Waals surface area (Å²) >= 11 is 6.33. The molecule has 2 aliphatic heterocycles. The fourth-order valence-corrected chi connectivity index (χ4v) is 6.10. The zero-order chi connectivity index (χ0) is 31.1. The van der Waals surface area contributed by atoms with Gasteiger partial charge in [-0.05, 0) is 75.0 Å². The Morgan fingerprint density at radius 3 is 2.49 bits per heavy atom. The molecule has 0 spiro atoms. The highest BCUT2D eigenvalue weighted by atomic mass is 35.5. The number of aromatic nitrogens is 3. The Hall–Kier alpha value is -3.50. The molecule has 2 amide bonds. The van der Waals surface area contributed by atoms with Crippen LogP contribution < -0.4 is 4.90 Å². The van der Waals surface area contributed by atoms with Crippen LogP contribution in [0.2, 0.25) is 5.28 Å². The number of ether oxygens (including phenoxy) is 1. The molecule has 230 valence electrons. The third kappa shape index (κ3) is 7.02. The van der Waals surface area contributed by atoms with Crippen molar-refractivity contribution in [3.05, 3.63) is 76.8 Å². The van der Waals surface area contributed by atoms with Gasteiger partial charge in [0.25, 0.3) is 0 Å². The second-order valence-corrected chi connectivity index (χ2v) is 13.6. The Morgan fingerprint density at radius 1 is 1.12 bits per heavy atom. The predicted octanol–water partition coefficient (Wildman–Crippen LogP) is 5.30. The Bertz CT molecular complexity index is 1480. The first kappa shape index (κ1) is 30.9. The van der Waals surface area contributed by atoms with Crippen LogP contribution in [0.5, 0.6) is 0 Å². The number of pyridine rings is 1. The molecule has 0 bridgehead atoms. The van der Waals surface area contributed by atoms with Crippen molar-refractivity contribution in [2.24, 2.45) is 0 Å². The van der Waals surface area contributed by atoms with E-state index in [0.29, 0.717) is 37.9 Å². The number of piperazine rings is 1. The van der Waals surface area contributed by atoms with Crippen molar-refractivity contribution >= 4 is 29.3 Å². The molecular weight excluding hydrogens is 571 g/mol. The first-order valence-electron chi connectivity index (χ1n) is 14.6. The number of fused-ring (bicyclic) bond motifs is 1. The van der Waals surface area contributed by atoms with Gasteiger partial charge in [0, 0.05) is 62.3 Å². The van der Waals surface area contributed by atoms with Gasteiger partial charge in [-0.15, -0.1) is 0 Å². The molecule has 1 aromatic carbocycles. The molecule has 0 unspecified atom stereocenters. The van der Waals surface area contributed by atoms with Crippen LogP contribution >= 0.6 is 11.6 Å². The second kappa shape index (κ2) is 11.9. The number of nitrogens with zero attached hydrogens (tertiary/aromatic N) is 6. The molecule has 9 nitrogen and oxygen atoms in total. The van der Waals surface area contributed by atoms with Crippen LogP contribution in [0.3, 0.4) is 0 Å². The van der Waals surface area contributed by atoms with Gasteiger partial charge in [-0.3, -0.25) is 14.7 Å². The first-order chi connectivity index (χ1) is 20.2. The zero-order valence-electron chi connectivity index (χ0n) is 25.7. The van der Waals surface area contributed by atoms with Gasteiger partial charge in [-0.2, -0.15) is 0 Å². The molecule has 43 heavy (non-hydrogen) atoms. The van der Waals surface area contributed by atoms with Gasteiger partial charge in [0.1, 0.15) is 11.4 Å². The number of amides is 2. The van der Waals surface area contributed by atoms with Crippen molar-refractivity contribution in [3.63, 3.8) is 0 Å². The van der Waals surface area contributed by atoms with Crippen LogP contribution in [-0.2, 0) is 27.9 Å². The fraction of sp³-hybridized carbons (Fsp3) is 0.500. The molecule has 0 radical (unpaired) electrons. The summed E-state index contributed by atoms with van der Waals surface area (Å²) in [5.74, 6) is -0.309. The van der Waals surface area contributed by atoms with Gasteiger partial charge in [-0.1, -0.05) is 26.0 Å². The van der Waals surface area contributed by atoms with E-state index >= 15 is 0 Å². The summed E-state index contributed by atoms with van der Waals surface area (Å²) in [5.41, 5.74) is 2.68. The highest BCUT2D eigenvalue weighted by Gasteiger charge is 2.42. The number of halogens is 2. The third-order valence-electron chi connectivity index (χ3n) is 8.03. The number of anilines is 1. The van der Waals surface area contributed by atoms with E-state index in [4.69, 9.17) is 21.3 Å². The average Bonchev–Trinajstić information content (AvgIpc) is 3.44. The normalized spacial score (nSPS) is 20.3. The topological polar surface area (TPSA) is 83.8 Å². The van der Waals surface area contributed by atoms with Crippen molar-refractivity contribution in [3.8, 4) is 0 Å². The van der Waals surface area contributed by atoms with E-state index in [1.807, 2.05) is 49.4 Å². The lowest BCUT2D eigenvalue weighted by atomic mass is 9.91. The minimum Gasteiger partial charge on any atom is -0.444 e. The number of carbonyl (C=O) groups is 2. The van der Waals surface area contributed by atoms with E-state index in [2.05, 4.69) is 23.7 Å². The summed E-state index contributed by atoms with van der Waals surface area (Å²) in [6.07, 6.45) is 5.49. The Kier molecular flexibility index (Phi) is 8.55. The standard InChI is InChI=1S/C32H40ClFN6O3/c1-21-16-38(25(17-37-12-11-35-29(37)33)18-39(21)30(42)43-31(2,3)4)19-27(41)40-20-32(5,6)28-26(40)14-23(15-36-28)13-22-7-9-24(34)10-8-22/h7-12,14-15,21,25H,13,16-20H2,1-6H3/t21-,25+/m1/s1. The fourth-order valence-electron chi connectivity index (χ4n) is 5.92. The molecule has 0 N–H and O–H groups in total. The third-order valence-corrected chi connectivity index (χ3v) is 8.34. The van der Waals surface area contributed by atoms with Crippen LogP contribution in [-0.4, -0.2) is 80.2 Å². The Morgan fingerprint density at radius 2 is 1.84 bits per heavy atom. The number of rotatable bonds is 6. The van der Waals surface area contributed by atoms with Crippen molar-refractivity contribution in [2.45, 2.75) is 77.6 Å². The van der Waals surface area contributed by atoms with Gasteiger partial charge >= 0.3 is 6.09 Å². The molecule has 0 aliphatic carbocycles. The van der Waals surface area contributed by atoms with E-state index in [-0.39, 0.29) is 41.9 Å². The molecule has 3 aromatic rings. The molecular formula is C32H40ClFN6O3. The van der Waals surface area contributed by atoms with Crippen molar-refractivity contribution in [2.75, 3.05) is 31.1 Å². The summed E-state index contributed by atoms with van der Waals surface area (Å²) < 4.78 is 21.0. The summed E-state index contributed by atoms with van der Waals surface area (Å²) in [6.45, 7) is 13.7. The van der Waals surface area contributed by atoms with E-state index in [1.54, 1.807) is 29.4 Å². The van der Waals surface area contributed by atoms with Crippen molar-refractivity contribution in [1.29, 1.82) is 0 Å². The Labute approximate surface area is 257 Å². The van der Waals surface area contributed by atoms with E-state index < -0.39 is 5.60 Å². The van der Waals surface area contributed by atoms with Crippen LogP contribution in [0.1, 0.15) is 58.4 Å². The maximum absolute atomic E-state index is 14.1. The van der Waals surface area contributed by atoms with Gasteiger partial charge < -0.3 is 19.1 Å². The molecule has 2 atom stereocenters. The second-order valence-electron chi connectivity index (χ2n) is 13.3. The zero-order valence-corrected chi connectivity index (χ0v) is 26.4. The smallest absolute Gasteiger partial charge is 0.410 e. The SMILES string of the molecule is C[C@@H]1CN(CC(=O)N2CC(C)(C)c3ncc(Cc4ccc(F)cc4)cc32)[C@@H](Cn2ccnc2Cl)CN1C(=O)OC(C)(C)C. The van der Waals surface area contributed by atoms with E-state index in [9.17, 15) is 14.0 Å². The number of hydrogen-bond donors (Lipinski definition) is 0. The van der Waals surface area contributed by atoms with Gasteiger partial charge in [0.05, 0.1) is 17.9 Å². The quantitative estimate of drug-likeness (QED) is 0.377. The van der Waals surface area contributed by atoms with Crippen LogP contribution in [0, 0.1) is 5.82 Å². The summed E-state index contributed by atoms with van der Waals surface area (Å²) in [7, 11) is 0. The van der Waals surface area contributed by atoms with Gasteiger partial charge in [0.15, 0.2) is 0 Å². The number of imidazole rings is 1. The molecule has 4 heterocycles. The minimum atomic E-state index is -0.618. The maximum Gasteiger partial charge on any atom is 0.410 e. The summed E-state index contributed by atoms with van der Waals surface area (Å²) in [5, 5.41) is 0.351. The maximum atomic E-state index is 14.1. The van der Waals surface area contributed by atoms with Crippen LogP contribution in [0.25, 0.3) is 0 Å². The highest BCUT2D eigenvalue weighted by Crippen LogP contribution is 2.40. The van der Waals surface area contributed by atoms with Gasteiger partial charge in [0.2, 0.25) is 11.2 Å². The largest absolute Gasteiger partial charge is 0.444 e. The lowest BCUT2D eigenvalue weighted by molar-refractivity contribution is -0.121. The molecule has 11 heteroatoms. The average molecular weight is 611 g/mol. The molecule has 1 saturated heterocycles. The van der Waals surface area contributed by atoms with Crippen LogP contribution in [0.4, 0.5) is 14.9 Å². The predicted molar refractivity (Wildman–Crippen MR) is 164 cm³/mol. The summed E-state index contributed by atoms with van der Waals surface area (Å²) in [4.78, 5) is 41.8. The minimum absolute atomic E-state index is 0.0350. The number of benzene rings is 1. The van der Waals surface area contributed by atoms with E-state index in [1.165, 1.54) is 12.1 Å². The lowest BCUT2D eigenvalue weighted by Crippen LogP contribution is -2.62. The highest BCUT2D eigenvalue weighted by molar-refractivity contribution is 6.28. The molecule has 1 fully saturated rings. The molecule has 5 rings (SSSR count). The Balaban J connectivity index is 1.37. The molecule has 2 aromatic heterocycles. The lowest BCUT2D eigenvalue weighted by Gasteiger charge is -2.45. The first-order valence-corrected chi connectivity index (χ1v) is 15.0. The molecule has 2 aliphatic rings. The van der Waals surface area contributed by atoms with E-state index in [0.717, 1.165) is 22.5 Å². The number of hydrogen-bond acceptors (Lipinski definition) is 6. The monoisotopic (exact) mass is 610 g/mol. The molecule has 0 saturated carbocycles. The van der Waals surface area contributed by atoms with Crippen molar-refractivity contribution < 1.29 is 18.7 Å². The van der Waals surface area contributed by atoms with Crippen LogP contribution in [0.15, 0.2) is 48.9 Å². The van der Waals surface area contributed by atoms with Gasteiger partial charge in [-0.25, -0.2) is 14.2 Å². The number of carbonyl (C=O) groups excluding carboxylic acids is 2. The summed E-state index contributed by atoms with van der Waals surface area (Å²) in [6, 6.07) is 8.10.